The Hall–Kier alpha value is -1.36. The minimum absolute atomic E-state index is 0.0995. The molecule has 2 rings (SSSR count). The molecule has 0 heterocycles. The Labute approximate surface area is 126 Å². The normalized spacial score (nSPS) is 15.8. The van der Waals surface area contributed by atoms with Crippen LogP contribution >= 0.6 is 15.9 Å². The second kappa shape index (κ2) is 6.88. The van der Waals surface area contributed by atoms with Crippen molar-refractivity contribution >= 4 is 33.5 Å². The van der Waals surface area contributed by atoms with Crippen LogP contribution in [-0.4, -0.2) is 17.0 Å². The van der Waals surface area contributed by atoms with Gasteiger partial charge < -0.3 is 10.4 Å². The highest BCUT2D eigenvalue weighted by Gasteiger charge is 2.18. The highest BCUT2D eigenvalue weighted by atomic mass is 79.9. The van der Waals surface area contributed by atoms with Crippen LogP contribution in [0, 0.1) is 5.92 Å². The van der Waals surface area contributed by atoms with E-state index in [2.05, 4.69) is 21.2 Å². The van der Waals surface area contributed by atoms with E-state index in [-0.39, 0.29) is 11.5 Å². The first-order chi connectivity index (χ1) is 9.56. The molecule has 1 aromatic rings. The zero-order valence-electron chi connectivity index (χ0n) is 11.2. The molecule has 1 saturated carbocycles. The van der Waals surface area contributed by atoms with Crippen LogP contribution in [0.1, 0.15) is 48.9 Å². The summed E-state index contributed by atoms with van der Waals surface area (Å²) in [6, 6.07) is 4.77. The summed E-state index contributed by atoms with van der Waals surface area (Å²) in [6.45, 7) is 0. The topological polar surface area (TPSA) is 66.4 Å². The van der Waals surface area contributed by atoms with Gasteiger partial charge in [-0.3, -0.25) is 4.79 Å². The Morgan fingerprint density at radius 2 is 1.95 bits per heavy atom. The van der Waals surface area contributed by atoms with Gasteiger partial charge in [0.15, 0.2) is 0 Å². The number of hydrogen-bond donors (Lipinski definition) is 2. The summed E-state index contributed by atoms with van der Waals surface area (Å²) in [5, 5.41) is 11.9. The Bertz CT molecular complexity index is 510. The van der Waals surface area contributed by atoms with Gasteiger partial charge in [-0.15, -0.1) is 0 Å². The van der Waals surface area contributed by atoms with Gasteiger partial charge in [0.05, 0.1) is 11.3 Å². The van der Waals surface area contributed by atoms with E-state index in [1.807, 2.05) is 0 Å². The highest BCUT2D eigenvalue weighted by Crippen LogP contribution is 2.27. The Morgan fingerprint density at radius 1 is 1.25 bits per heavy atom. The fraction of sp³-hybridized carbons (Fsp3) is 0.467. The summed E-state index contributed by atoms with van der Waals surface area (Å²) < 4.78 is 0.746. The molecule has 0 saturated heterocycles. The third-order valence-corrected chi connectivity index (χ3v) is 4.18. The average molecular weight is 340 g/mol. The number of carbonyl (C=O) groups excluding carboxylic acids is 1. The maximum atomic E-state index is 12.0. The number of benzene rings is 1. The lowest BCUT2D eigenvalue weighted by Gasteiger charge is -2.21. The van der Waals surface area contributed by atoms with Gasteiger partial charge >= 0.3 is 5.97 Å². The van der Waals surface area contributed by atoms with Crippen LogP contribution in [0.3, 0.4) is 0 Å². The monoisotopic (exact) mass is 339 g/mol. The van der Waals surface area contributed by atoms with Crippen molar-refractivity contribution in [2.45, 2.75) is 38.5 Å². The molecule has 1 aliphatic rings. The maximum Gasteiger partial charge on any atom is 0.337 e. The molecule has 1 aliphatic carbocycles. The van der Waals surface area contributed by atoms with Gasteiger partial charge in [0.25, 0.3) is 0 Å². The Kier molecular flexibility index (Phi) is 5.17. The summed E-state index contributed by atoms with van der Waals surface area (Å²) >= 11 is 3.29. The van der Waals surface area contributed by atoms with Crippen LogP contribution in [0.2, 0.25) is 0 Å². The molecule has 5 heteroatoms. The Morgan fingerprint density at radius 3 is 2.60 bits per heavy atom. The van der Waals surface area contributed by atoms with Gasteiger partial charge in [-0.2, -0.15) is 0 Å². The molecule has 1 fully saturated rings. The average Bonchev–Trinajstić information content (AvgIpc) is 2.39. The molecule has 20 heavy (non-hydrogen) atoms. The summed E-state index contributed by atoms with van der Waals surface area (Å²) in [6.07, 6.45) is 6.30. The number of anilines is 1. The van der Waals surface area contributed by atoms with Gasteiger partial charge in [-0.25, -0.2) is 4.79 Å². The molecule has 2 N–H and O–H groups in total. The van der Waals surface area contributed by atoms with Gasteiger partial charge in [0.2, 0.25) is 5.91 Å². The lowest BCUT2D eigenvalue weighted by atomic mass is 9.87. The van der Waals surface area contributed by atoms with Crippen molar-refractivity contribution in [3.05, 3.63) is 28.2 Å². The van der Waals surface area contributed by atoms with Crippen LogP contribution < -0.4 is 5.32 Å². The first kappa shape index (κ1) is 15.0. The molecule has 0 atom stereocenters. The molecule has 0 aliphatic heterocycles. The molecule has 1 aromatic carbocycles. The first-order valence-corrected chi connectivity index (χ1v) is 7.68. The SMILES string of the molecule is O=C(CC1CCCCC1)Nc1cc(Br)ccc1C(=O)O. The number of carboxylic acid groups (broad SMARTS) is 1. The lowest BCUT2D eigenvalue weighted by Crippen LogP contribution is -2.19. The number of amides is 1. The van der Waals surface area contributed by atoms with Gasteiger partial charge in [-0.05, 0) is 37.0 Å². The number of aromatic carboxylic acids is 1. The lowest BCUT2D eigenvalue weighted by molar-refractivity contribution is -0.117. The molecule has 0 spiro atoms. The highest BCUT2D eigenvalue weighted by molar-refractivity contribution is 9.10. The van der Waals surface area contributed by atoms with Crippen LogP contribution in [0.25, 0.3) is 0 Å². The number of carbonyl (C=O) groups is 2. The zero-order valence-corrected chi connectivity index (χ0v) is 12.8. The van der Waals surface area contributed by atoms with Crippen molar-refractivity contribution in [2.75, 3.05) is 5.32 Å². The van der Waals surface area contributed by atoms with E-state index in [4.69, 9.17) is 5.11 Å². The number of hydrogen-bond acceptors (Lipinski definition) is 2. The van der Waals surface area contributed by atoms with E-state index in [0.717, 1.165) is 17.3 Å². The Balaban J connectivity index is 2.03. The number of nitrogens with one attached hydrogen (secondary N) is 1. The first-order valence-electron chi connectivity index (χ1n) is 6.89. The van der Waals surface area contributed by atoms with Crippen molar-refractivity contribution in [2.24, 2.45) is 5.92 Å². The van der Waals surface area contributed by atoms with E-state index >= 15 is 0 Å². The molecule has 0 aromatic heterocycles. The predicted octanol–water partition coefficient (Wildman–Crippen LogP) is 4.06. The van der Waals surface area contributed by atoms with E-state index in [1.165, 1.54) is 25.3 Å². The third kappa shape index (κ3) is 4.07. The van der Waals surface area contributed by atoms with Crippen molar-refractivity contribution < 1.29 is 14.7 Å². The summed E-state index contributed by atoms with van der Waals surface area (Å²) in [5.41, 5.74) is 0.470. The van der Waals surface area contributed by atoms with E-state index < -0.39 is 5.97 Å². The van der Waals surface area contributed by atoms with Crippen molar-refractivity contribution in [3.8, 4) is 0 Å². The maximum absolute atomic E-state index is 12.0. The number of rotatable bonds is 4. The standard InChI is InChI=1S/C15H18BrNO3/c16-11-6-7-12(15(19)20)13(9-11)17-14(18)8-10-4-2-1-3-5-10/h6-7,9-10H,1-5,8H2,(H,17,18)(H,19,20). The van der Waals surface area contributed by atoms with Crippen molar-refractivity contribution in [1.29, 1.82) is 0 Å². The second-order valence-corrected chi connectivity index (χ2v) is 6.17. The minimum atomic E-state index is -1.04. The van der Waals surface area contributed by atoms with E-state index in [9.17, 15) is 9.59 Å². The number of carboxylic acids is 1. The smallest absolute Gasteiger partial charge is 0.337 e. The molecular weight excluding hydrogens is 322 g/mol. The molecule has 0 bridgehead atoms. The van der Waals surface area contributed by atoms with Crippen LogP contribution in [0.5, 0.6) is 0 Å². The fourth-order valence-electron chi connectivity index (χ4n) is 2.66. The largest absolute Gasteiger partial charge is 0.478 e. The molecule has 1 amide bonds. The minimum Gasteiger partial charge on any atom is -0.478 e. The summed E-state index contributed by atoms with van der Waals surface area (Å²) in [4.78, 5) is 23.2. The van der Waals surface area contributed by atoms with Crippen LogP contribution in [0.15, 0.2) is 22.7 Å². The van der Waals surface area contributed by atoms with Gasteiger partial charge in [0.1, 0.15) is 0 Å². The van der Waals surface area contributed by atoms with Crippen molar-refractivity contribution in [1.82, 2.24) is 0 Å². The van der Waals surface area contributed by atoms with Gasteiger partial charge in [-0.1, -0.05) is 35.2 Å². The summed E-state index contributed by atoms with van der Waals surface area (Å²) in [7, 11) is 0. The fourth-order valence-corrected chi connectivity index (χ4v) is 3.02. The number of halogens is 1. The quantitative estimate of drug-likeness (QED) is 0.869. The predicted molar refractivity (Wildman–Crippen MR) is 80.9 cm³/mol. The van der Waals surface area contributed by atoms with Crippen LogP contribution in [0.4, 0.5) is 5.69 Å². The molecule has 0 radical (unpaired) electrons. The molecule has 0 unspecified atom stereocenters. The van der Waals surface area contributed by atoms with Crippen molar-refractivity contribution in [3.63, 3.8) is 0 Å². The van der Waals surface area contributed by atoms with E-state index in [1.54, 1.807) is 12.1 Å². The third-order valence-electron chi connectivity index (χ3n) is 3.68. The molecule has 4 nitrogen and oxygen atoms in total. The molecule has 108 valence electrons. The molecular formula is C15H18BrNO3. The van der Waals surface area contributed by atoms with Gasteiger partial charge in [0, 0.05) is 10.9 Å². The second-order valence-electron chi connectivity index (χ2n) is 5.25. The zero-order chi connectivity index (χ0) is 14.5. The van der Waals surface area contributed by atoms with Crippen LogP contribution in [-0.2, 0) is 4.79 Å². The van der Waals surface area contributed by atoms with E-state index in [0.29, 0.717) is 18.0 Å². The summed E-state index contributed by atoms with van der Waals surface area (Å²) in [5.74, 6) is -0.702.